The summed E-state index contributed by atoms with van der Waals surface area (Å²) in [4.78, 5) is 29.4. The van der Waals surface area contributed by atoms with Gasteiger partial charge in [0.15, 0.2) is 0 Å². The standard InChI is InChI=1S/C5H6O4.C4H6O2.Na/c1-3(5(8)9)2-4(6)7;1-3-6-4(2)5;/h1-2H2,(H,6,7)(H,8,9);3H,1H2,2H3;. The number of carbonyl (C=O) groups is 3. The molecule has 0 atom stereocenters. The third-order valence-electron chi connectivity index (χ3n) is 0.916. The van der Waals surface area contributed by atoms with E-state index >= 15 is 0 Å². The molecule has 6 nitrogen and oxygen atoms in total. The molecule has 0 unspecified atom stereocenters. The molecular formula is C9H12NaO6. The number of rotatable bonds is 4. The summed E-state index contributed by atoms with van der Waals surface area (Å²) >= 11 is 0. The van der Waals surface area contributed by atoms with Crippen molar-refractivity contribution in [3.63, 3.8) is 0 Å². The Morgan fingerprint density at radius 1 is 1.31 bits per heavy atom. The number of carbonyl (C=O) groups excluding carboxylic acids is 1. The van der Waals surface area contributed by atoms with Crippen LogP contribution in [0.2, 0.25) is 0 Å². The number of ether oxygens (including phenoxy) is 1. The Morgan fingerprint density at radius 3 is 1.81 bits per heavy atom. The van der Waals surface area contributed by atoms with Gasteiger partial charge in [-0.3, -0.25) is 9.59 Å². The van der Waals surface area contributed by atoms with Gasteiger partial charge in [-0.1, -0.05) is 13.2 Å². The molecule has 0 aromatic rings. The number of esters is 1. The van der Waals surface area contributed by atoms with Crippen LogP contribution >= 0.6 is 0 Å². The summed E-state index contributed by atoms with van der Waals surface area (Å²) in [5.41, 5.74) is -0.303. The molecule has 2 N–H and O–H groups in total. The van der Waals surface area contributed by atoms with Gasteiger partial charge in [-0.15, -0.1) is 0 Å². The van der Waals surface area contributed by atoms with E-state index in [4.69, 9.17) is 10.2 Å². The van der Waals surface area contributed by atoms with Gasteiger partial charge >= 0.3 is 17.9 Å². The van der Waals surface area contributed by atoms with Crippen molar-refractivity contribution in [3.8, 4) is 0 Å². The number of carboxylic acid groups (broad SMARTS) is 2. The molecule has 7 heteroatoms. The second-order valence-electron chi connectivity index (χ2n) is 2.26. The zero-order chi connectivity index (χ0) is 12.4. The number of hydrogen-bond donors (Lipinski definition) is 2. The van der Waals surface area contributed by atoms with E-state index in [1.165, 1.54) is 6.92 Å². The van der Waals surface area contributed by atoms with Gasteiger partial charge in [0.25, 0.3) is 0 Å². The van der Waals surface area contributed by atoms with Gasteiger partial charge in [0.2, 0.25) is 0 Å². The van der Waals surface area contributed by atoms with Crippen LogP contribution in [0.25, 0.3) is 0 Å². The summed E-state index contributed by atoms with van der Waals surface area (Å²) in [5, 5.41) is 16.1. The maximum atomic E-state index is 9.87. The van der Waals surface area contributed by atoms with E-state index in [0.717, 1.165) is 6.26 Å². The third-order valence-corrected chi connectivity index (χ3v) is 0.916. The van der Waals surface area contributed by atoms with E-state index in [0.29, 0.717) is 0 Å². The van der Waals surface area contributed by atoms with E-state index in [1.54, 1.807) is 0 Å². The minimum atomic E-state index is -1.27. The molecule has 0 aromatic heterocycles. The number of hydrogen-bond acceptors (Lipinski definition) is 4. The van der Waals surface area contributed by atoms with Crippen molar-refractivity contribution >= 4 is 47.5 Å². The van der Waals surface area contributed by atoms with Crippen LogP contribution in [0.1, 0.15) is 13.3 Å². The van der Waals surface area contributed by atoms with Crippen molar-refractivity contribution in [2.24, 2.45) is 0 Å². The Bertz CT molecular complexity index is 284. The van der Waals surface area contributed by atoms with Gasteiger partial charge in [0, 0.05) is 42.1 Å². The Morgan fingerprint density at radius 2 is 1.75 bits per heavy atom. The molecule has 0 heterocycles. The van der Waals surface area contributed by atoms with Crippen LogP contribution in [-0.4, -0.2) is 57.7 Å². The van der Waals surface area contributed by atoms with Crippen LogP contribution in [0.5, 0.6) is 0 Å². The zero-order valence-corrected chi connectivity index (χ0v) is 11.2. The van der Waals surface area contributed by atoms with Gasteiger partial charge in [-0.25, -0.2) is 4.79 Å². The van der Waals surface area contributed by atoms with Crippen LogP contribution in [0.3, 0.4) is 0 Å². The van der Waals surface area contributed by atoms with E-state index < -0.39 is 18.4 Å². The molecule has 0 aliphatic heterocycles. The zero-order valence-electron chi connectivity index (χ0n) is 9.23. The minimum Gasteiger partial charge on any atom is -0.481 e. The Hall–Kier alpha value is -1.11. The predicted octanol–water partition coefficient (Wildman–Crippen LogP) is 0.414. The summed E-state index contributed by atoms with van der Waals surface area (Å²) in [6, 6.07) is 0. The molecule has 0 aromatic carbocycles. The summed E-state index contributed by atoms with van der Waals surface area (Å²) in [6.45, 7) is 7.49. The molecule has 0 amide bonds. The van der Waals surface area contributed by atoms with E-state index in [9.17, 15) is 14.4 Å². The molecular weight excluding hydrogens is 227 g/mol. The first-order valence-corrected chi connectivity index (χ1v) is 3.72. The Balaban J connectivity index is -0.000000214. The smallest absolute Gasteiger partial charge is 0.331 e. The Kier molecular flexibility index (Phi) is 15.2. The summed E-state index contributed by atoms with van der Waals surface area (Å²) in [7, 11) is 0. The van der Waals surface area contributed by atoms with Crippen LogP contribution in [0.4, 0.5) is 0 Å². The molecule has 0 rings (SSSR count). The maximum absolute atomic E-state index is 9.87. The SMILES string of the molecule is C=C(CC(=O)O)C(=O)O.C=COC(C)=O.[Na]. The molecule has 1 radical (unpaired) electrons. The molecule has 0 aliphatic carbocycles. The van der Waals surface area contributed by atoms with Crippen molar-refractivity contribution in [2.45, 2.75) is 13.3 Å². The van der Waals surface area contributed by atoms with Crippen LogP contribution in [0, 0.1) is 0 Å². The van der Waals surface area contributed by atoms with Gasteiger partial charge in [-0.2, -0.15) is 0 Å². The van der Waals surface area contributed by atoms with Crippen molar-refractivity contribution in [3.05, 3.63) is 25.0 Å². The van der Waals surface area contributed by atoms with Crippen LogP contribution in [0.15, 0.2) is 25.0 Å². The molecule has 0 saturated carbocycles. The maximum Gasteiger partial charge on any atom is 0.331 e. The van der Waals surface area contributed by atoms with Gasteiger partial charge in [0.05, 0.1) is 12.7 Å². The van der Waals surface area contributed by atoms with Crippen molar-refractivity contribution in [1.82, 2.24) is 0 Å². The number of aliphatic carboxylic acids is 2. The van der Waals surface area contributed by atoms with Crippen molar-refractivity contribution in [2.75, 3.05) is 0 Å². The molecule has 0 fully saturated rings. The molecule has 85 valence electrons. The van der Waals surface area contributed by atoms with Crippen molar-refractivity contribution in [1.29, 1.82) is 0 Å². The van der Waals surface area contributed by atoms with Gasteiger partial charge < -0.3 is 14.9 Å². The van der Waals surface area contributed by atoms with Crippen LogP contribution in [-0.2, 0) is 19.1 Å². The summed E-state index contributed by atoms with van der Waals surface area (Å²) < 4.78 is 4.17. The monoisotopic (exact) mass is 239 g/mol. The number of carboxylic acids is 2. The fourth-order valence-corrected chi connectivity index (χ4v) is 0.376. The molecule has 0 aliphatic rings. The molecule has 0 spiro atoms. The van der Waals surface area contributed by atoms with Crippen LogP contribution < -0.4 is 0 Å². The van der Waals surface area contributed by atoms with E-state index in [2.05, 4.69) is 17.9 Å². The summed E-state index contributed by atoms with van der Waals surface area (Å²) in [5.74, 6) is -2.77. The van der Waals surface area contributed by atoms with Gasteiger partial charge in [-0.05, 0) is 0 Å². The third kappa shape index (κ3) is 18.6. The minimum absolute atomic E-state index is 0. The van der Waals surface area contributed by atoms with E-state index in [1.807, 2.05) is 0 Å². The summed E-state index contributed by atoms with van der Waals surface area (Å²) in [6.07, 6.45) is 0.595. The first-order chi connectivity index (χ1) is 6.81. The van der Waals surface area contributed by atoms with E-state index in [-0.39, 0.29) is 41.1 Å². The molecule has 0 bridgehead atoms. The first kappa shape index (κ1) is 20.3. The predicted molar refractivity (Wildman–Crippen MR) is 56.7 cm³/mol. The largest absolute Gasteiger partial charge is 0.481 e. The second-order valence-corrected chi connectivity index (χ2v) is 2.26. The normalized spacial score (nSPS) is 7.31. The topological polar surface area (TPSA) is 101 Å². The van der Waals surface area contributed by atoms with Crippen molar-refractivity contribution < 1.29 is 29.3 Å². The fourth-order valence-electron chi connectivity index (χ4n) is 0.376. The first-order valence-electron chi connectivity index (χ1n) is 3.72. The average Bonchev–Trinajstić information content (AvgIpc) is 2.03. The quantitative estimate of drug-likeness (QED) is 0.319. The Labute approximate surface area is 115 Å². The van der Waals surface area contributed by atoms with Gasteiger partial charge in [0.1, 0.15) is 0 Å². The molecule has 16 heavy (non-hydrogen) atoms. The fraction of sp³-hybridized carbons (Fsp3) is 0.222. The molecule has 0 saturated heterocycles. The average molecular weight is 239 g/mol. The second kappa shape index (κ2) is 12.0.